The Morgan fingerprint density at radius 3 is 2.57 bits per heavy atom. The van der Waals surface area contributed by atoms with Crippen LogP contribution >= 0.6 is 0 Å². The van der Waals surface area contributed by atoms with Crippen LogP contribution in [0.5, 0.6) is 0 Å². The molecule has 2 aromatic carbocycles. The van der Waals surface area contributed by atoms with E-state index in [9.17, 15) is 19.7 Å². The number of hydrogen-bond donors (Lipinski definition) is 2. The van der Waals surface area contributed by atoms with E-state index in [2.05, 4.69) is 5.32 Å². The number of benzene rings is 2. The van der Waals surface area contributed by atoms with Crippen molar-refractivity contribution in [2.75, 3.05) is 36.5 Å². The van der Waals surface area contributed by atoms with Crippen molar-refractivity contribution in [1.29, 1.82) is 0 Å². The molecule has 2 aromatic rings. The van der Waals surface area contributed by atoms with Crippen LogP contribution in [-0.4, -0.2) is 48.2 Å². The molecule has 146 valence electrons. The number of hydrogen-bond acceptors (Lipinski definition) is 6. The van der Waals surface area contributed by atoms with Gasteiger partial charge in [0, 0.05) is 24.8 Å². The maximum Gasteiger partial charge on any atom is 0.307 e. The SMILES string of the molecule is O=C(O)Cc1cccc(NC(=O)c2cccc([N+](=O)[O-])c2N2CCOCC2)c1. The fourth-order valence-electron chi connectivity index (χ4n) is 3.11. The van der Waals surface area contributed by atoms with Gasteiger partial charge in [-0.1, -0.05) is 18.2 Å². The number of rotatable bonds is 6. The first-order valence-electron chi connectivity index (χ1n) is 8.68. The van der Waals surface area contributed by atoms with E-state index in [4.69, 9.17) is 9.84 Å². The highest BCUT2D eigenvalue weighted by molar-refractivity contribution is 6.09. The van der Waals surface area contributed by atoms with Crippen LogP contribution in [0.15, 0.2) is 42.5 Å². The number of aliphatic carboxylic acids is 1. The molecule has 0 saturated carbocycles. The van der Waals surface area contributed by atoms with Gasteiger partial charge >= 0.3 is 5.97 Å². The van der Waals surface area contributed by atoms with Gasteiger partial charge in [0.05, 0.1) is 30.1 Å². The molecule has 1 heterocycles. The molecule has 9 heteroatoms. The molecule has 1 aliphatic heterocycles. The van der Waals surface area contributed by atoms with Crippen molar-refractivity contribution in [2.45, 2.75) is 6.42 Å². The van der Waals surface area contributed by atoms with Gasteiger partial charge < -0.3 is 20.1 Å². The number of carbonyl (C=O) groups excluding carboxylic acids is 1. The minimum atomic E-state index is -0.975. The Balaban J connectivity index is 1.92. The Morgan fingerprint density at radius 1 is 1.18 bits per heavy atom. The number of nitrogens with one attached hydrogen (secondary N) is 1. The van der Waals surface area contributed by atoms with Crippen LogP contribution < -0.4 is 10.2 Å². The number of nitrogens with zero attached hydrogens (tertiary/aromatic N) is 2. The zero-order valence-corrected chi connectivity index (χ0v) is 15.0. The van der Waals surface area contributed by atoms with Crippen LogP contribution in [0, 0.1) is 10.1 Å². The van der Waals surface area contributed by atoms with Crippen molar-refractivity contribution in [2.24, 2.45) is 0 Å². The van der Waals surface area contributed by atoms with Gasteiger partial charge in [-0.15, -0.1) is 0 Å². The minimum absolute atomic E-state index is 0.144. The van der Waals surface area contributed by atoms with Gasteiger partial charge in [0.25, 0.3) is 11.6 Å². The Morgan fingerprint density at radius 2 is 1.89 bits per heavy atom. The highest BCUT2D eigenvalue weighted by Crippen LogP contribution is 2.33. The van der Waals surface area contributed by atoms with E-state index in [0.717, 1.165) is 0 Å². The van der Waals surface area contributed by atoms with Crippen molar-refractivity contribution in [3.05, 3.63) is 63.7 Å². The maximum atomic E-state index is 12.9. The lowest BCUT2D eigenvalue weighted by Gasteiger charge is -2.29. The van der Waals surface area contributed by atoms with Gasteiger partial charge in [0.1, 0.15) is 5.69 Å². The van der Waals surface area contributed by atoms with Crippen molar-refractivity contribution in [1.82, 2.24) is 0 Å². The number of nitro groups is 1. The molecule has 1 aliphatic rings. The van der Waals surface area contributed by atoms with E-state index in [1.807, 2.05) is 0 Å². The second-order valence-corrected chi connectivity index (χ2v) is 6.25. The van der Waals surface area contributed by atoms with Crippen molar-refractivity contribution in [3.63, 3.8) is 0 Å². The summed E-state index contributed by atoms with van der Waals surface area (Å²) in [5, 5.41) is 23.1. The first kappa shape index (κ1) is 19.3. The lowest BCUT2D eigenvalue weighted by Crippen LogP contribution is -2.37. The third kappa shape index (κ3) is 4.44. The number of ether oxygens (including phenoxy) is 1. The molecule has 0 aliphatic carbocycles. The Kier molecular flexibility index (Phi) is 5.85. The summed E-state index contributed by atoms with van der Waals surface area (Å²) < 4.78 is 5.30. The summed E-state index contributed by atoms with van der Waals surface area (Å²) in [5.41, 5.74) is 1.25. The topological polar surface area (TPSA) is 122 Å². The molecular formula is C19H19N3O6. The van der Waals surface area contributed by atoms with Gasteiger partial charge in [-0.25, -0.2) is 0 Å². The fraction of sp³-hybridized carbons (Fsp3) is 0.263. The van der Waals surface area contributed by atoms with Crippen LogP contribution in [0.3, 0.4) is 0 Å². The van der Waals surface area contributed by atoms with Gasteiger partial charge in [0.2, 0.25) is 0 Å². The largest absolute Gasteiger partial charge is 0.481 e. The van der Waals surface area contributed by atoms with Crippen LogP contribution in [0.2, 0.25) is 0 Å². The van der Waals surface area contributed by atoms with Gasteiger partial charge in [-0.05, 0) is 23.8 Å². The summed E-state index contributed by atoms with van der Waals surface area (Å²) >= 11 is 0. The number of amides is 1. The molecule has 0 aromatic heterocycles. The first-order chi connectivity index (χ1) is 13.5. The summed E-state index contributed by atoms with van der Waals surface area (Å²) in [4.78, 5) is 36.5. The molecule has 0 atom stereocenters. The number of carboxylic acid groups (broad SMARTS) is 1. The van der Waals surface area contributed by atoms with Crippen LogP contribution in [0.1, 0.15) is 15.9 Å². The fourth-order valence-corrected chi connectivity index (χ4v) is 3.11. The van der Waals surface area contributed by atoms with Crippen molar-refractivity contribution >= 4 is 28.9 Å². The normalized spacial score (nSPS) is 13.8. The van der Waals surface area contributed by atoms with E-state index >= 15 is 0 Å². The molecule has 0 unspecified atom stereocenters. The number of anilines is 2. The third-order valence-corrected chi connectivity index (χ3v) is 4.32. The zero-order chi connectivity index (χ0) is 20.1. The van der Waals surface area contributed by atoms with Gasteiger partial charge in [0.15, 0.2) is 0 Å². The van der Waals surface area contributed by atoms with E-state index in [0.29, 0.717) is 37.6 Å². The van der Waals surface area contributed by atoms with E-state index in [-0.39, 0.29) is 23.4 Å². The smallest absolute Gasteiger partial charge is 0.307 e. The van der Waals surface area contributed by atoms with E-state index in [1.165, 1.54) is 18.2 Å². The molecule has 2 N–H and O–H groups in total. The molecule has 1 saturated heterocycles. The number of carboxylic acids is 1. The lowest BCUT2D eigenvalue weighted by atomic mass is 10.1. The molecule has 1 fully saturated rings. The van der Waals surface area contributed by atoms with Gasteiger partial charge in [-0.3, -0.25) is 19.7 Å². The molecule has 0 bridgehead atoms. The van der Waals surface area contributed by atoms with E-state index < -0.39 is 16.8 Å². The molecule has 9 nitrogen and oxygen atoms in total. The second kappa shape index (κ2) is 8.49. The monoisotopic (exact) mass is 385 g/mol. The second-order valence-electron chi connectivity index (χ2n) is 6.25. The summed E-state index contributed by atoms with van der Waals surface area (Å²) in [7, 11) is 0. The lowest BCUT2D eigenvalue weighted by molar-refractivity contribution is -0.384. The maximum absolute atomic E-state index is 12.9. The minimum Gasteiger partial charge on any atom is -0.481 e. The summed E-state index contributed by atoms with van der Waals surface area (Å²) in [6, 6.07) is 10.9. The summed E-state index contributed by atoms with van der Waals surface area (Å²) in [6.45, 7) is 1.73. The number of carbonyl (C=O) groups is 2. The van der Waals surface area contributed by atoms with Crippen LogP contribution in [0.4, 0.5) is 17.1 Å². The molecule has 0 radical (unpaired) electrons. The highest BCUT2D eigenvalue weighted by atomic mass is 16.6. The molecule has 1 amide bonds. The Bertz CT molecular complexity index is 908. The number of para-hydroxylation sites is 1. The third-order valence-electron chi connectivity index (χ3n) is 4.32. The average Bonchev–Trinajstić information content (AvgIpc) is 2.67. The Labute approximate surface area is 160 Å². The Hall–Kier alpha value is -3.46. The van der Waals surface area contributed by atoms with Gasteiger partial charge in [-0.2, -0.15) is 0 Å². The predicted octanol–water partition coefficient (Wildman–Crippen LogP) is 2.31. The number of morpholine rings is 1. The molecule has 28 heavy (non-hydrogen) atoms. The van der Waals surface area contributed by atoms with E-state index in [1.54, 1.807) is 29.2 Å². The van der Waals surface area contributed by atoms with Crippen LogP contribution in [0.25, 0.3) is 0 Å². The standard InChI is InChI=1S/C19H19N3O6/c23-17(24)12-13-3-1-4-14(11-13)20-19(25)15-5-2-6-16(22(26)27)18(15)21-7-9-28-10-8-21/h1-6,11H,7-10,12H2,(H,20,25)(H,23,24). The average molecular weight is 385 g/mol. The molecular weight excluding hydrogens is 366 g/mol. The molecule has 3 rings (SSSR count). The first-order valence-corrected chi connectivity index (χ1v) is 8.68. The highest BCUT2D eigenvalue weighted by Gasteiger charge is 2.27. The van der Waals surface area contributed by atoms with Crippen molar-refractivity contribution < 1.29 is 24.4 Å². The summed E-state index contributed by atoms with van der Waals surface area (Å²) in [5.74, 6) is -1.48. The predicted molar refractivity (Wildman–Crippen MR) is 102 cm³/mol. The van der Waals surface area contributed by atoms with Crippen LogP contribution in [-0.2, 0) is 16.0 Å². The quantitative estimate of drug-likeness (QED) is 0.578. The number of nitro benzene ring substituents is 1. The van der Waals surface area contributed by atoms with Crippen molar-refractivity contribution in [3.8, 4) is 0 Å². The summed E-state index contributed by atoms with van der Waals surface area (Å²) in [6.07, 6.45) is -0.167. The molecule has 0 spiro atoms. The zero-order valence-electron chi connectivity index (χ0n) is 15.0.